The SMILES string of the molecule is C[C@H](CN1CCN(c2ccc(C3CCC(O)NC3=O)cc2F)CC1)C1CCN(N)CC1. The second kappa shape index (κ2) is 9.81. The molecule has 0 saturated carbocycles. The van der Waals surface area contributed by atoms with Crippen molar-refractivity contribution in [2.75, 3.05) is 50.7 Å². The lowest BCUT2D eigenvalue weighted by Gasteiger charge is -2.39. The molecule has 2 unspecified atom stereocenters. The Balaban J connectivity index is 1.30. The molecule has 1 aromatic rings. The van der Waals surface area contributed by atoms with Crippen LogP contribution in [0.4, 0.5) is 10.1 Å². The van der Waals surface area contributed by atoms with Crippen molar-refractivity contribution in [3.63, 3.8) is 0 Å². The van der Waals surface area contributed by atoms with E-state index < -0.39 is 12.1 Å². The van der Waals surface area contributed by atoms with E-state index in [4.69, 9.17) is 5.84 Å². The molecule has 3 aliphatic heterocycles. The maximum Gasteiger partial charge on any atom is 0.229 e. The molecule has 1 aromatic carbocycles. The molecule has 3 heterocycles. The molecule has 3 fully saturated rings. The number of nitrogens with one attached hydrogen (secondary N) is 1. The number of rotatable bonds is 5. The van der Waals surface area contributed by atoms with Crippen molar-refractivity contribution < 1.29 is 14.3 Å². The minimum absolute atomic E-state index is 0.231. The fraction of sp³-hybridized carbons (Fsp3) is 0.696. The molecular formula is C23H36FN5O2. The van der Waals surface area contributed by atoms with Crippen molar-refractivity contribution in [3.8, 4) is 0 Å². The van der Waals surface area contributed by atoms with E-state index in [9.17, 15) is 14.3 Å². The molecule has 3 aliphatic rings. The van der Waals surface area contributed by atoms with Gasteiger partial charge in [-0.1, -0.05) is 13.0 Å². The predicted octanol–water partition coefficient (Wildman–Crippen LogP) is 1.48. The van der Waals surface area contributed by atoms with E-state index in [1.54, 1.807) is 0 Å². The molecular weight excluding hydrogens is 397 g/mol. The topological polar surface area (TPSA) is 85.1 Å². The van der Waals surface area contributed by atoms with Crippen LogP contribution in [0.2, 0.25) is 0 Å². The van der Waals surface area contributed by atoms with Crippen LogP contribution in [0.1, 0.15) is 44.1 Å². The van der Waals surface area contributed by atoms with E-state index in [0.29, 0.717) is 30.0 Å². The second-order valence-electron chi connectivity index (χ2n) is 9.50. The van der Waals surface area contributed by atoms with Crippen molar-refractivity contribution in [1.29, 1.82) is 0 Å². The summed E-state index contributed by atoms with van der Waals surface area (Å²) in [5.74, 6) is 6.38. The zero-order chi connectivity index (χ0) is 22.0. The largest absolute Gasteiger partial charge is 0.374 e. The molecule has 0 radical (unpaired) electrons. The van der Waals surface area contributed by atoms with Gasteiger partial charge < -0.3 is 15.3 Å². The number of nitrogens with two attached hydrogens (primary N) is 1. The number of hydrogen-bond acceptors (Lipinski definition) is 6. The number of carbonyl (C=O) groups excluding carboxylic acids is 1. The van der Waals surface area contributed by atoms with E-state index in [0.717, 1.165) is 51.7 Å². The quantitative estimate of drug-likeness (QED) is 0.610. The van der Waals surface area contributed by atoms with E-state index >= 15 is 0 Å². The minimum Gasteiger partial charge on any atom is -0.374 e. The molecule has 0 spiro atoms. The van der Waals surface area contributed by atoms with E-state index in [1.165, 1.54) is 18.9 Å². The molecule has 8 heteroatoms. The second-order valence-corrected chi connectivity index (χ2v) is 9.50. The summed E-state index contributed by atoms with van der Waals surface area (Å²) in [7, 11) is 0. The highest BCUT2D eigenvalue weighted by Gasteiger charge is 2.30. The Hall–Kier alpha value is -1.74. The third kappa shape index (κ3) is 5.37. The van der Waals surface area contributed by atoms with E-state index in [1.807, 2.05) is 17.1 Å². The Morgan fingerprint density at radius 3 is 2.48 bits per heavy atom. The highest BCUT2D eigenvalue weighted by Crippen LogP contribution is 2.30. The summed E-state index contributed by atoms with van der Waals surface area (Å²) in [6.45, 7) is 8.90. The van der Waals surface area contributed by atoms with Gasteiger partial charge in [-0.15, -0.1) is 0 Å². The smallest absolute Gasteiger partial charge is 0.229 e. The summed E-state index contributed by atoms with van der Waals surface area (Å²) in [6, 6.07) is 5.16. The zero-order valence-corrected chi connectivity index (χ0v) is 18.5. The maximum atomic E-state index is 14.9. The number of anilines is 1. The molecule has 0 aliphatic carbocycles. The van der Waals surface area contributed by atoms with E-state index in [2.05, 4.69) is 22.0 Å². The van der Waals surface area contributed by atoms with Crippen LogP contribution in [0.3, 0.4) is 0 Å². The molecule has 4 N–H and O–H groups in total. The minimum atomic E-state index is -0.791. The standard InChI is InChI=1S/C23H36FN5O2/c1-16(17-6-8-29(25)9-7-17)15-27-10-12-28(13-11-27)21-4-2-18(14-20(21)24)19-3-5-22(30)26-23(19)31/h2,4,14,16-17,19,22,30H,3,5-13,15,25H2,1H3,(H,26,31)/t16-,19?,22?/m1/s1. The number of aliphatic hydroxyl groups is 1. The molecule has 4 rings (SSSR count). The van der Waals surface area contributed by atoms with Crippen LogP contribution in [0, 0.1) is 17.7 Å². The normalized spacial score (nSPS) is 27.9. The summed E-state index contributed by atoms with van der Waals surface area (Å²) >= 11 is 0. The van der Waals surface area contributed by atoms with Gasteiger partial charge in [-0.05, 0) is 55.2 Å². The molecule has 172 valence electrons. The lowest BCUT2D eigenvalue weighted by Crippen LogP contribution is -2.49. The van der Waals surface area contributed by atoms with Gasteiger partial charge >= 0.3 is 0 Å². The number of piperidine rings is 2. The van der Waals surface area contributed by atoms with Crippen molar-refractivity contribution in [1.82, 2.24) is 15.2 Å². The van der Waals surface area contributed by atoms with Crippen molar-refractivity contribution in [2.24, 2.45) is 17.7 Å². The molecule has 0 bridgehead atoms. The number of carbonyl (C=O) groups is 1. The summed E-state index contributed by atoms with van der Waals surface area (Å²) in [5, 5.41) is 14.0. The van der Waals surface area contributed by atoms with Gasteiger partial charge in [0.25, 0.3) is 0 Å². The van der Waals surface area contributed by atoms with Gasteiger partial charge in [0.1, 0.15) is 12.0 Å². The molecule has 1 amide bonds. The number of hydrazine groups is 1. The number of benzene rings is 1. The monoisotopic (exact) mass is 433 g/mol. The van der Waals surface area contributed by atoms with Gasteiger partial charge in [0.15, 0.2) is 0 Å². The first-order chi connectivity index (χ1) is 14.9. The van der Waals surface area contributed by atoms with Crippen LogP contribution in [-0.2, 0) is 4.79 Å². The first-order valence-corrected chi connectivity index (χ1v) is 11.7. The molecule has 7 nitrogen and oxygen atoms in total. The fourth-order valence-corrected chi connectivity index (χ4v) is 5.32. The average molecular weight is 434 g/mol. The van der Waals surface area contributed by atoms with Crippen LogP contribution in [0.5, 0.6) is 0 Å². The number of piperazine rings is 1. The third-order valence-electron chi connectivity index (χ3n) is 7.37. The summed E-state index contributed by atoms with van der Waals surface area (Å²) in [4.78, 5) is 16.7. The van der Waals surface area contributed by atoms with Crippen molar-refractivity contribution in [2.45, 2.75) is 44.8 Å². The lowest BCUT2D eigenvalue weighted by atomic mass is 9.85. The van der Waals surface area contributed by atoms with Gasteiger partial charge in [0.05, 0.1) is 11.6 Å². The van der Waals surface area contributed by atoms with Gasteiger partial charge in [-0.25, -0.2) is 9.40 Å². The maximum absolute atomic E-state index is 14.9. The highest BCUT2D eigenvalue weighted by molar-refractivity contribution is 5.84. The molecule has 31 heavy (non-hydrogen) atoms. The Morgan fingerprint density at radius 2 is 1.84 bits per heavy atom. The summed E-state index contributed by atoms with van der Waals surface area (Å²) in [5.41, 5.74) is 1.30. The number of aliphatic hydroxyl groups excluding tert-OH is 1. The first-order valence-electron chi connectivity index (χ1n) is 11.7. The number of amides is 1. The predicted molar refractivity (Wildman–Crippen MR) is 119 cm³/mol. The van der Waals surface area contributed by atoms with Gasteiger partial charge in [0.2, 0.25) is 5.91 Å². The number of nitrogens with zero attached hydrogens (tertiary/aromatic N) is 3. The number of hydrogen-bond donors (Lipinski definition) is 3. The lowest BCUT2D eigenvalue weighted by molar-refractivity contribution is -0.128. The summed E-state index contributed by atoms with van der Waals surface area (Å²) in [6.07, 6.45) is 2.58. The molecule has 0 aromatic heterocycles. The Kier molecular flexibility index (Phi) is 7.11. The highest BCUT2D eigenvalue weighted by atomic mass is 19.1. The van der Waals surface area contributed by atoms with Crippen LogP contribution in [0.15, 0.2) is 18.2 Å². The van der Waals surface area contributed by atoms with Crippen LogP contribution < -0.4 is 16.1 Å². The van der Waals surface area contributed by atoms with Gasteiger partial charge in [-0.2, -0.15) is 0 Å². The fourth-order valence-electron chi connectivity index (χ4n) is 5.32. The van der Waals surface area contributed by atoms with Crippen LogP contribution >= 0.6 is 0 Å². The Morgan fingerprint density at radius 1 is 1.13 bits per heavy atom. The Labute approximate surface area is 184 Å². The van der Waals surface area contributed by atoms with E-state index in [-0.39, 0.29) is 11.7 Å². The zero-order valence-electron chi connectivity index (χ0n) is 18.5. The molecule has 3 saturated heterocycles. The Bertz CT molecular complexity index is 762. The van der Waals surface area contributed by atoms with Crippen LogP contribution in [0.25, 0.3) is 0 Å². The average Bonchev–Trinajstić information content (AvgIpc) is 2.75. The van der Waals surface area contributed by atoms with Crippen molar-refractivity contribution in [3.05, 3.63) is 29.6 Å². The van der Waals surface area contributed by atoms with Gasteiger partial charge in [0, 0.05) is 45.8 Å². The van der Waals surface area contributed by atoms with Crippen LogP contribution in [-0.4, -0.2) is 73.0 Å². The number of halogens is 1. The van der Waals surface area contributed by atoms with Crippen molar-refractivity contribution >= 4 is 11.6 Å². The summed E-state index contributed by atoms with van der Waals surface area (Å²) < 4.78 is 14.9. The van der Waals surface area contributed by atoms with Gasteiger partial charge in [-0.3, -0.25) is 15.5 Å². The third-order valence-corrected chi connectivity index (χ3v) is 7.37. The first kappa shape index (κ1) is 22.5. The molecule has 3 atom stereocenters.